The Hall–Kier alpha value is -0.290. The second-order valence-electron chi connectivity index (χ2n) is 4.81. The molecule has 0 fully saturated rings. The van der Waals surface area contributed by atoms with Gasteiger partial charge in [-0.2, -0.15) is 0 Å². The lowest BCUT2D eigenvalue weighted by atomic mass is 9.99. The van der Waals surface area contributed by atoms with Gasteiger partial charge in [-0.1, -0.05) is 39.1 Å². The van der Waals surface area contributed by atoms with Gasteiger partial charge >= 0.3 is 0 Å². The molecule has 0 saturated carbocycles. The number of benzene rings is 1. The lowest BCUT2D eigenvalue weighted by molar-refractivity contribution is -0.122. The van der Waals surface area contributed by atoms with Crippen molar-refractivity contribution in [2.75, 3.05) is 0 Å². The van der Waals surface area contributed by atoms with Gasteiger partial charge in [-0.3, -0.25) is 9.59 Å². The molecule has 0 aliphatic carbocycles. The molecule has 0 radical (unpaired) electrons. The molecular formula is C13H13BrCl3NO2. The third-order valence-corrected chi connectivity index (χ3v) is 4.18. The molecule has 0 heterocycles. The van der Waals surface area contributed by atoms with Gasteiger partial charge in [-0.15, -0.1) is 11.6 Å². The maximum atomic E-state index is 12.2. The molecular weight excluding hydrogens is 388 g/mol. The van der Waals surface area contributed by atoms with Crippen molar-refractivity contribution in [1.82, 2.24) is 5.32 Å². The second kappa shape index (κ2) is 6.65. The number of halogens is 4. The first-order chi connectivity index (χ1) is 9.06. The summed E-state index contributed by atoms with van der Waals surface area (Å²) < 4.78 is -0.872. The van der Waals surface area contributed by atoms with E-state index in [4.69, 9.17) is 34.8 Å². The number of hydrogen-bond acceptors (Lipinski definition) is 2. The Morgan fingerprint density at radius 2 is 1.70 bits per heavy atom. The number of amides is 1. The first kappa shape index (κ1) is 17.8. The number of nitrogens with one attached hydrogen (secondary N) is 1. The van der Waals surface area contributed by atoms with Crippen molar-refractivity contribution < 1.29 is 9.59 Å². The fraction of sp³-hybridized carbons (Fsp3) is 0.385. The fourth-order valence-electron chi connectivity index (χ4n) is 1.47. The Morgan fingerprint density at radius 1 is 1.25 bits per heavy atom. The third-order valence-electron chi connectivity index (χ3n) is 2.78. The van der Waals surface area contributed by atoms with Gasteiger partial charge in [0, 0.05) is 15.6 Å². The van der Waals surface area contributed by atoms with E-state index in [1.165, 1.54) is 12.1 Å². The van der Waals surface area contributed by atoms with Gasteiger partial charge in [0.15, 0.2) is 5.78 Å². The molecule has 0 aliphatic rings. The number of alkyl halides is 2. The van der Waals surface area contributed by atoms with E-state index in [2.05, 4.69) is 21.2 Å². The molecule has 1 N–H and O–H groups in total. The monoisotopic (exact) mass is 399 g/mol. The van der Waals surface area contributed by atoms with Crippen LogP contribution >= 0.6 is 50.7 Å². The fourth-order valence-corrected chi connectivity index (χ4v) is 2.80. The summed E-state index contributed by atoms with van der Waals surface area (Å²) in [4.78, 5) is 24.0. The summed E-state index contributed by atoms with van der Waals surface area (Å²) in [5.41, 5.74) is -0.134. The van der Waals surface area contributed by atoms with Crippen molar-refractivity contribution in [1.29, 1.82) is 0 Å². The van der Waals surface area contributed by atoms with Crippen molar-refractivity contribution in [3.05, 3.63) is 33.3 Å². The highest BCUT2D eigenvalue weighted by molar-refractivity contribution is 9.10. The first-order valence-electron chi connectivity index (χ1n) is 5.67. The highest BCUT2D eigenvalue weighted by Gasteiger charge is 2.33. The summed E-state index contributed by atoms with van der Waals surface area (Å²) in [6.45, 7) is 4.89. The number of hydrogen-bond donors (Lipinski definition) is 1. The van der Waals surface area contributed by atoms with E-state index < -0.39 is 15.7 Å². The van der Waals surface area contributed by atoms with E-state index in [1.807, 2.05) is 0 Å². The number of carbonyl (C=O) groups excluding carboxylic acids is 2. The number of carbonyl (C=O) groups is 2. The molecule has 110 valence electrons. The predicted octanol–water partition coefficient (Wildman–Crippen LogP) is 4.34. The topological polar surface area (TPSA) is 46.2 Å². The molecule has 1 aromatic rings. The molecule has 0 aromatic heterocycles. The second-order valence-corrected chi connectivity index (χ2v) is 7.50. The Bertz CT molecular complexity index is 536. The van der Waals surface area contributed by atoms with Crippen LogP contribution in [0.15, 0.2) is 12.1 Å². The van der Waals surface area contributed by atoms with Crippen LogP contribution in [0.3, 0.4) is 0 Å². The zero-order valence-corrected chi connectivity index (χ0v) is 14.9. The van der Waals surface area contributed by atoms with Gasteiger partial charge in [0.25, 0.3) is 5.91 Å². The highest BCUT2D eigenvalue weighted by Crippen LogP contribution is 2.26. The zero-order chi connectivity index (χ0) is 15.7. The van der Waals surface area contributed by atoms with E-state index >= 15 is 0 Å². The lowest BCUT2D eigenvalue weighted by Gasteiger charge is -2.25. The average molecular weight is 402 g/mol. The quantitative estimate of drug-likeness (QED) is 0.763. The molecule has 20 heavy (non-hydrogen) atoms. The van der Waals surface area contributed by atoms with Gasteiger partial charge in [0.05, 0.1) is 5.54 Å². The van der Waals surface area contributed by atoms with Crippen LogP contribution in [0.4, 0.5) is 0 Å². The largest absolute Gasteiger partial charge is 0.340 e. The van der Waals surface area contributed by atoms with Crippen LogP contribution in [0.2, 0.25) is 10.0 Å². The molecule has 0 saturated heterocycles. The highest BCUT2D eigenvalue weighted by atomic mass is 79.9. The van der Waals surface area contributed by atoms with E-state index in [-0.39, 0.29) is 11.3 Å². The molecule has 1 atom stereocenters. The molecule has 0 spiro atoms. The van der Waals surface area contributed by atoms with Crippen molar-refractivity contribution in [2.24, 2.45) is 0 Å². The molecule has 0 bridgehead atoms. The van der Waals surface area contributed by atoms with Crippen LogP contribution in [-0.2, 0) is 4.79 Å². The Kier molecular flexibility index (Phi) is 5.90. The van der Waals surface area contributed by atoms with Gasteiger partial charge in [-0.25, -0.2) is 0 Å². The molecule has 1 amide bonds. The Labute approximate surface area is 141 Å². The third kappa shape index (κ3) is 4.10. The minimum absolute atomic E-state index is 0.284. The molecule has 0 aliphatic heterocycles. The van der Waals surface area contributed by atoms with Gasteiger partial charge in [0.2, 0.25) is 0 Å². The van der Waals surface area contributed by atoms with Crippen molar-refractivity contribution in [2.45, 2.75) is 30.6 Å². The standard InChI is InChI=1S/C13H13BrCl3NO2/c1-6-8(15)4-7(5-9(6)16)12(20)18-13(2,3)10(19)11(14)17/h4-5,11H,1-3H3,(H,18,20). The average Bonchev–Trinajstić information content (AvgIpc) is 2.33. The van der Waals surface area contributed by atoms with Gasteiger partial charge in [-0.05, 0) is 38.5 Å². The van der Waals surface area contributed by atoms with Crippen molar-refractivity contribution in [3.8, 4) is 0 Å². The number of ketones is 1. The van der Waals surface area contributed by atoms with E-state index in [0.29, 0.717) is 15.6 Å². The molecule has 7 heteroatoms. The van der Waals surface area contributed by atoms with Crippen LogP contribution in [0.1, 0.15) is 29.8 Å². The predicted molar refractivity (Wildman–Crippen MR) is 86.3 cm³/mol. The summed E-state index contributed by atoms with van der Waals surface area (Å²) in [5.74, 6) is -0.797. The van der Waals surface area contributed by atoms with E-state index in [9.17, 15) is 9.59 Å². The summed E-state index contributed by atoms with van der Waals surface area (Å²) in [7, 11) is 0. The normalized spacial score (nSPS) is 12.9. The smallest absolute Gasteiger partial charge is 0.252 e. The minimum Gasteiger partial charge on any atom is -0.340 e. The van der Waals surface area contributed by atoms with E-state index in [1.54, 1.807) is 20.8 Å². The van der Waals surface area contributed by atoms with Crippen LogP contribution in [-0.4, -0.2) is 21.5 Å². The maximum absolute atomic E-state index is 12.2. The van der Waals surface area contributed by atoms with Crippen molar-refractivity contribution >= 4 is 62.4 Å². The zero-order valence-electron chi connectivity index (χ0n) is 11.1. The summed E-state index contributed by atoms with van der Waals surface area (Å²) in [6, 6.07) is 3.01. The Balaban J connectivity index is 3.00. The van der Waals surface area contributed by atoms with Gasteiger partial charge in [0.1, 0.15) is 4.29 Å². The van der Waals surface area contributed by atoms with Crippen LogP contribution in [0.5, 0.6) is 0 Å². The molecule has 1 aromatic carbocycles. The van der Waals surface area contributed by atoms with Crippen LogP contribution in [0, 0.1) is 6.92 Å². The van der Waals surface area contributed by atoms with E-state index in [0.717, 1.165) is 0 Å². The maximum Gasteiger partial charge on any atom is 0.252 e. The van der Waals surface area contributed by atoms with Crippen LogP contribution < -0.4 is 5.32 Å². The van der Waals surface area contributed by atoms with Gasteiger partial charge < -0.3 is 5.32 Å². The Morgan fingerprint density at radius 3 is 2.10 bits per heavy atom. The molecule has 1 unspecified atom stereocenters. The summed E-state index contributed by atoms with van der Waals surface area (Å²) in [5, 5.41) is 3.39. The van der Waals surface area contributed by atoms with Crippen molar-refractivity contribution in [3.63, 3.8) is 0 Å². The minimum atomic E-state index is -1.11. The number of rotatable bonds is 4. The SMILES string of the molecule is Cc1c(Cl)cc(C(=O)NC(C)(C)C(=O)C(Cl)Br)cc1Cl. The summed E-state index contributed by atoms with van der Waals surface area (Å²) >= 11 is 20.6. The molecule has 1 rings (SSSR count). The summed E-state index contributed by atoms with van der Waals surface area (Å²) in [6.07, 6.45) is 0. The first-order valence-corrected chi connectivity index (χ1v) is 7.77. The van der Waals surface area contributed by atoms with Crippen LogP contribution in [0.25, 0.3) is 0 Å². The lowest BCUT2D eigenvalue weighted by Crippen LogP contribution is -2.51. The number of Topliss-reactive ketones (excluding diaryl/α,β-unsaturated/α-hetero) is 1. The molecule has 3 nitrogen and oxygen atoms in total.